The molecule has 1 aromatic rings. The van der Waals surface area contributed by atoms with Crippen LogP contribution in [0.3, 0.4) is 0 Å². The second kappa shape index (κ2) is 8.15. The Morgan fingerprint density at radius 3 is 2.59 bits per heavy atom. The van der Waals surface area contributed by atoms with Crippen LogP contribution in [0, 0.1) is 0 Å². The van der Waals surface area contributed by atoms with E-state index >= 15 is 0 Å². The van der Waals surface area contributed by atoms with Gasteiger partial charge in [0.25, 0.3) is 0 Å². The number of piperazine rings is 1. The maximum Gasteiger partial charge on any atom is 0.410 e. The fourth-order valence-electron chi connectivity index (χ4n) is 3.78. The summed E-state index contributed by atoms with van der Waals surface area (Å²) in [5, 5.41) is 0. The number of carbonyl (C=O) groups excluding carboxylic acids is 2. The van der Waals surface area contributed by atoms with Gasteiger partial charge in [-0.05, 0) is 46.1 Å². The smallest absolute Gasteiger partial charge is 0.410 e. The van der Waals surface area contributed by atoms with Crippen LogP contribution in [0.5, 0.6) is 0 Å². The van der Waals surface area contributed by atoms with E-state index in [2.05, 4.69) is 16.0 Å². The molecule has 0 saturated carbocycles. The minimum absolute atomic E-state index is 0.0869. The molecule has 3 heterocycles. The van der Waals surface area contributed by atoms with Gasteiger partial charge in [-0.2, -0.15) is 0 Å². The molecule has 1 atom stereocenters. The number of likely N-dealkylation sites (tertiary alicyclic amines) is 1. The fraction of sp³-hybridized carbons (Fsp3) is 0.650. The van der Waals surface area contributed by atoms with Crippen molar-refractivity contribution < 1.29 is 14.3 Å². The first kappa shape index (κ1) is 19.5. The molecule has 2 saturated heterocycles. The average Bonchev–Trinajstić information content (AvgIpc) is 2.67. The summed E-state index contributed by atoms with van der Waals surface area (Å²) in [6, 6.07) is 4.10. The molecule has 0 bridgehead atoms. The topological polar surface area (TPSA) is 66.0 Å². The maximum absolute atomic E-state index is 12.3. The van der Waals surface area contributed by atoms with Crippen LogP contribution in [0.1, 0.15) is 51.6 Å². The number of anilines is 1. The van der Waals surface area contributed by atoms with Crippen LogP contribution in [-0.2, 0) is 9.53 Å². The van der Waals surface area contributed by atoms with Crippen molar-refractivity contribution in [3.8, 4) is 0 Å². The molecule has 7 nitrogen and oxygen atoms in total. The summed E-state index contributed by atoms with van der Waals surface area (Å²) in [5.41, 5.74) is 0.622. The van der Waals surface area contributed by atoms with Crippen molar-refractivity contribution in [2.45, 2.75) is 51.7 Å². The zero-order valence-electron chi connectivity index (χ0n) is 16.6. The number of piperidine rings is 1. The van der Waals surface area contributed by atoms with Crippen molar-refractivity contribution in [3.63, 3.8) is 0 Å². The van der Waals surface area contributed by atoms with Gasteiger partial charge in [0.1, 0.15) is 11.4 Å². The van der Waals surface area contributed by atoms with Gasteiger partial charge in [-0.3, -0.25) is 4.79 Å². The summed E-state index contributed by atoms with van der Waals surface area (Å²) in [7, 11) is 0. The van der Waals surface area contributed by atoms with Crippen LogP contribution in [0.4, 0.5) is 10.6 Å². The molecule has 2 aliphatic heterocycles. The molecule has 2 fully saturated rings. The third kappa shape index (κ3) is 4.70. The molecule has 3 rings (SSSR count). The van der Waals surface area contributed by atoms with Crippen LogP contribution in [-0.4, -0.2) is 65.6 Å². The van der Waals surface area contributed by atoms with Gasteiger partial charge in [-0.25, -0.2) is 9.78 Å². The second-order valence-electron chi connectivity index (χ2n) is 8.23. The van der Waals surface area contributed by atoms with Crippen LogP contribution >= 0.6 is 0 Å². The number of nitrogens with zero attached hydrogens (tertiary/aromatic N) is 4. The summed E-state index contributed by atoms with van der Waals surface area (Å²) in [5.74, 6) is 0.931. The monoisotopic (exact) mass is 374 g/mol. The lowest BCUT2D eigenvalue weighted by atomic mass is 9.95. The van der Waals surface area contributed by atoms with Crippen molar-refractivity contribution >= 4 is 18.3 Å². The lowest BCUT2D eigenvalue weighted by molar-refractivity contribution is -0.121. The number of pyridine rings is 1. The molecule has 2 aliphatic rings. The zero-order chi connectivity index (χ0) is 19.4. The Morgan fingerprint density at radius 2 is 1.93 bits per heavy atom. The molecule has 27 heavy (non-hydrogen) atoms. The predicted molar refractivity (Wildman–Crippen MR) is 104 cm³/mol. The lowest BCUT2D eigenvalue weighted by Crippen LogP contribution is -2.50. The molecule has 0 spiro atoms. The van der Waals surface area contributed by atoms with Crippen LogP contribution < -0.4 is 4.90 Å². The standard InChI is InChI=1S/C20H30N4O3/c1-20(2,3)27-19(26)23-13-11-22(12-14-23)18-16(7-6-9-21-18)17-8-4-5-10-24(17)15-25/h6-7,9,15,17H,4-5,8,10-14H2,1-3H3/t17-/m1/s1. The highest BCUT2D eigenvalue weighted by Crippen LogP contribution is 2.34. The number of hydrogen-bond acceptors (Lipinski definition) is 5. The Labute approximate surface area is 161 Å². The lowest BCUT2D eigenvalue weighted by Gasteiger charge is -2.39. The molecule has 1 aromatic heterocycles. The van der Waals surface area contributed by atoms with E-state index in [0.717, 1.165) is 43.6 Å². The van der Waals surface area contributed by atoms with E-state index in [9.17, 15) is 9.59 Å². The molecular weight excluding hydrogens is 344 g/mol. The Kier molecular flexibility index (Phi) is 5.87. The summed E-state index contributed by atoms with van der Waals surface area (Å²) >= 11 is 0. The first-order valence-corrected chi connectivity index (χ1v) is 9.78. The molecule has 0 unspecified atom stereocenters. The third-order valence-electron chi connectivity index (χ3n) is 5.09. The summed E-state index contributed by atoms with van der Waals surface area (Å²) < 4.78 is 5.47. The van der Waals surface area contributed by atoms with E-state index in [-0.39, 0.29) is 12.1 Å². The van der Waals surface area contributed by atoms with Gasteiger partial charge in [-0.15, -0.1) is 0 Å². The van der Waals surface area contributed by atoms with E-state index in [1.165, 1.54) is 0 Å². The Balaban J connectivity index is 1.70. The quantitative estimate of drug-likeness (QED) is 0.761. The van der Waals surface area contributed by atoms with Crippen molar-refractivity contribution in [3.05, 3.63) is 23.9 Å². The highest BCUT2D eigenvalue weighted by atomic mass is 16.6. The largest absolute Gasteiger partial charge is 0.444 e. The summed E-state index contributed by atoms with van der Waals surface area (Å²) in [6.07, 6.45) is 5.64. The minimum Gasteiger partial charge on any atom is -0.444 e. The normalized spacial score (nSPS) is 21.1. The van der Waals surface area contributed by atoms with Crippen molar-refractivity contribution in [1.29, 1.82) is 0 Å². The summed E-state index contributed by atoms with van der Waals surface area (Å²) in [6.45, 7) is 9.06. The average molecular weight is 374 g/mol. The molecule has 0 N–H and O–H groups in total. The first-order valence-electron chi connectivity index (χ1n) is 9.78. The van der Waals surface area contributed by atoms with E-state index in [4.69, 9.17) is 4.74 Å². The van der Waals surface area contributed by atoms with Gasteiger partial charge in [0, 0.05) is 44.5 Å². The maximum atomic E-state index is 12.3. The predicted octanol–water partition coefficient (Wildman–Crippen LogP) is 2.82. The number of hydrogen-bond donors (Lipinski definition) is 0. The van der Waals surface area contributed by atoms with Gasteiger partial charge < -0.3 is 19.4 Å². The van der Waals surface area contributed by atoms with Gasteiger partial charge in [-0.1, -0.05) is 6.07 Å². The van der Waals surface area contributed by atoms with Gasteiger partial charge in [0.15, 0.2) is 0 Å². The minimum atomic E-state index is -0.484. The first-order chi connectivity index (χ1) is 12.9. The SMILES string of the molecule is CC(C)(C)OC(=O)N1CCN(c2ncccc2[C@H]2CCCCN2C=O)CC1. The Bertz CT molecular complexity index is 665. The fourth-order valence-corrected chi connectivity index (χ4v) is 3.78. The molecule has 0 aromatic carbocycles. The van der Waals surface area contributed by atoms with E-state index < -0.39 is 5.60 Å². The number of aromatic nitrogens is 1. The Morgan fingerprint density at radius 1 is 1.19 bits per heavy atom. The van der Waals surface area contributed by atoms with E-state index in [1.807, 2.05) is 31.7 Å². The van der Waals surface area contributed by atoms with Gasteiger partial charge >= 0.3 is 6.09 Å². The summed E-state index contributed by atoms with van der Waals surface area (Å²) in [4.78, 5) is 34.3. The van der Waals surface area contributed by atoms with E-state index in [0.29, 0.717) is 26.2 Å². The second-order valence-corrected chi connectivity index (χ2v) is 8.23. The number of ether oxygens (including phenoxy) is 1. The van der Waals surface area contributed by atoms with Gasteiger partial charge in [0.2, 0.25) is 6.41 Å². The molecular formula is C20H30N4O3. The molecule has 0 radical (unpaired) electrons. The van der Waals surface area contributed by atoms with E-state index in [1.54, 1.807) is 11.1 Å². The highest BCUT2D eigenvalue weighted by molar-refractivity contribution is 5.68. The number of amides is 2. The zero-order valence-corrected chi connectivity index (χ0v) is 16.6. The third-order valence-corrected chi connectivity index (χ3v) is 5.09. The van der Waals surface area contributed by atoms with Crippen molar-refractivity contribution in [1.82, 2.24) is 14.8 Å². The van der Waals surface area contributed by atoms with Crippen molar-refractivity contribution in [2.24, 2.45) is 0 Å². The number of rotatable bonds is 3. The number of carbonyl (C=O) groups is 2. The molecule has 7 heteroatoms. The van der Waals surface area contributed by atoms with Gasteiger partial charge in [0.05, 0.1) is 6.04 Å². The highest BCUT2D eigenvalue weighted by Gasteiger charge is 2.30. The van der Waals surface area contributed by atoms with Crippen LogP contribution in [0.15, 0.2) is 18.3 Å². The van der Waals surface area contributed by atoms with Crippen molar-refractivity contribution in [2.75, 3.05) is 37.6 Å². The van der Waals surface area contributed by atoms with Crippen LogP contribution in [0.2, 0.25) is 0 Å². The molecule has 148 valence electrons. The molecule has 2 amide bonds. The van der Waals surface area contributed by atoms with Crippen LogP contribution in [0.25, 0.3) is 0 Å². The molecule has 0 aliphatic carbocycles. The Hall–Kier alpha value is -2.31.